The number of aryl methyl sites for hydroxylation is 1. The SMILES string of the molecule is COC(=O)C1CC(O)CN(C(=O)NCCCn2cnc3ccccc32)C1. The van der Waals surface area contributed by atoms with Crippen molar-refractivity contribution in [2.24, 2.45) is 5.92 Å². The van der Waals surface area contributed by atoms with Gasteiger partial charge in [0.2, 0.25) is 0 Å². The van der Waals surface area contributed by atoms with Crippen LogP contribution in [0.3, 0.4) is 0 Å². The normalized spacial score (nSPS) is 20.2. The molecule has 1 aromatic heterocycles. The number of imidazole rings is 1. The van der Waals surface area contributed by atoms with E-state index in [4.69, 9.17) is 4.74 Å². The highest BCUT2D eigenvalue weighted by Gasteiger charge is 2.33. The summed E-state index contributed by atoms with van der Waals surface area (Å²) in [6.07, 6.45) is 2.16. The van der Waals surface area contributed by atoms with Gasteiger partial charge in [-0.25, -0.2) is 9.78 Å². The molecule has 2 unspecified atom stereocenters. The van der Waals surface area contributed by atoms with Crippen LogP contribution in [0.4, 0.5) is 4.79 Å². The molecule has 140 valence electrons. The molecule has 1 saturated heterocycles. The standard InChI is InChI=1S/C18H24N4O4/c1-26-17(24)13-9-14(23)11-22(10-13)18(25)19-7-4-8-21-12-20-15-5-2-3-6-16(15)21/h2-3,5-6,12-14,23H,4,7-11H2,1H3,(H,19,25). The van der Waals surface area contributed by atoms with Crippen LogP contribution in [-0.2, 0) is 16.1 Å². The van der Waals surface area contributed by atoms with E-state index in [-0.39, 0.29) is 19.1 Å². The number of nitrogens with zero attached hydrogens (tertiary/aromatic N) is 3. The van der Waals surface area contributed by atoms with Crippen LogP contribution in [0, 0.1) is 5.92 Å². The first kappa shape index (κ1) is 18.2. The number of aliphatic hydroxyl groups is 1. The number of likely N-dealkylation sites (tertiary alicyclic amines) is 1. The maximum atomic E-state index is 12.3. The van der Waals surface area contributed by atoms with E-state index in [1.165, 1.54) is 12.0 Å². The lowest BCUT2D eigenvalue weighted by Crippen LogP contribution is -2.51. The molecule has 2 N–H and O–H groups in total. The molecular formula is C18H24N4O4. The third-order valence-corrected chi connectivity index (χ3v) is 4.63. The fourth-order valence-electron chi connectivity index (χ4n) is 3.32. The van der Waals surface area contributed by atoms with Crippen molar-refractivity contribution in [3.8, 4) is 0 Å². The van der Waals surface area contributed by atoms with E-state index in [0.717, 1.165) is 24.0 Å². The van der Waals surface area contributed by atoms with Crippen molar-refractivity contribution in [3.63, 3.8) is 0 Å². The molecule has 1 aliphatic rings. The van der Waals surface area contributed by atoms with Gasteiger partial charge in [0.05, 0.1) is 36.5 Å². The first-order valence-corrected chi connectivity index (χ1v) is 8.77. The molecule has 0 spiro atoms. The summed E-state index contributed by atoms with van der Waals surface area (Å²) < 4.78 is 6.78. The third kappa shape index (κ3) is 4.13. The van der Waals surface area contributed by atoms with E-state index in [1.807, 2.05) is 24.3 Å². The highest BCUT2D eigenvalue weighted by molar-refractivity contribution is 5.77. The number of carbonyl (C=O) groups is 2. The molecule has 1 fully saturated rings. The van der Waals surface area contributed by atoms with Crippen LogP contribution in [0.1, 0.15) is 12.8 Å². The summed E-state index contributed by atoms with van der Waals surface area (Å²) in [5.74, 6) is -0.875. The van der Waals surface area contributed by atoms with E-state index >= 15 is 0 Å². The topological polar surface area (TPSA) is 96.7 Å². The van der Waals surface area contributed by atoms with Crippen LogP contribution in [0.5, 0.6) is 0 Å². The van der Waals surface area contributed by atoms with Gasteiger partial charge in [-0.3, -0.25) is 4.79 Å². The molecule has 0 aliphatic carbocycles. The molecule has 0 radical (unpaired) electrons. The zero-order chi connectivity index (χ0) is 18.5. The molecule has 8 heteroatoms. The number of hydrogen-bond donors (Lipinski definition) is 2. The lowest BCUT2D eigenvalue weighted by molar-refractivity contribution is -0.148. The van der Waals surface area contributed by atoms with Gasteiger partial charge < -0.3 is 24.6 Å². The summed E-state index contributed by atoms with van der Waals surface area (Å²) in [6, 6.07) is 7.64. The van der Waals surface area contributed by atoms with Crippen molar-refractivity contribution in [2.45, 2.75) is 25.5 Å². The van der Waals surface area contributed by atoms with Crippen molar-refractivity contribution < 1.29 is 19.4 Å². The Labute approximate surface area is 151 Å². The van der Waals surface area contributed by atoms with Crippen LogP contribution in [0.25, 0.3) is 11.0 Å². The van der Waals surface area contributed by atoms with E-state index in [9.17, 15) is 14.7 Å². The first-order valence-electron chi connectivity index (χ1n) is 8.77. The van der Waals surface area contributed by atoms with Crippen molar-refractivity contribution >= 4 is 23.0 Å². The quantitative estimate of drug-likeness (QED) is 0.612. The molecule has 2 amide bonds. The van der Waals surface area contributed by atoms with Crippen molar-refractivity contribution in [1.29, 1.82) is 0 Å². The smallest absolute Gasteiger partial charge is 0.317 e. The molecule has 8 nitrogen and oxygen atoms in total. The fourth-order valence-corrected chi connectivity index (χ4v) is 3.32. The minimum Gasteiger partial charge on any atom is -0.469 e. The molecule has 2 atom stereocenters. The molecule has 1 aromatic carbocycles. The Morgan fingerprint density at radius 1 is 1.35 bits per heavy atom. The number of ether oxygens (including phenoxy) is 1. The van der Waals surface area contributed by atoms with Crippen molar-refractivity contribution in [1.82, 2.24) is 19.8 Å². The molecule has 0 saturated carbocycles. The Bertz CT molecular complexity index is 775. The van der Waals surface area contributed by atoms with Gasteiger partial charge in [-0.15, -0.1) is 0 Å². The summed E-state index contributed by atoms with van der Waals surface area (Å²) in [4.78, 5) is 29.8. The zero-order valence-corrected chi connectivity index (χ0v) is 14.8. The van der Waals surface area contributed by atoms with Gasteiger partial charge in [-0.2, -0.15) is 0 Å². The number of aromatic nitrogens is 2. The number of benzene rings is 1. The number of amides is 2. The summed E-state index contributed by atoms with van der Waals surface area (Å²) >= 11 is 0. The number of rotatable bonds is 5. The maximum absolute atomic E-state index is 12.3. The van der Waals surface area contributed by atoms with Crippen molar-refractivity contribution in [2.75, 3.05) is 26.7 Å². The van der Waals surface area contributed by atoms with E-state index in [0.29, 0.717) is 13.0 Å². The largest absolute Gasteiger partial charge is 0.469 e. The average Bonchev–Trinajstić information content (AvgIpc) is 3.07. The number of hydrogen-bond acceptors (Lipinski definition) is 5. The van der Waals surface area contributed by atoms with Gasteiger partial charge in [0.15, 0.2) is 0 Å². The van der Waals surface area contributed by atoms with Gasteiger partial charge >= 0.3 is 12.0 Å². The summed E-state index contributed by atoms with van der Waals surface area (Å²) in [5, 5.41) is 12.8. The van der Waals surface area contributed by atoms with Crippen LogP contribution < -0.4 is 5.32 Å². The van der Waals surface area contributed by atoms with E-state index in [1.54, 1.807) is 6.33 Å². The average molecular weight is 360 g/mol. The second-order valence-corrected chi connectivity index (χ2v) is 6.53. The lowest BCUT2D eigenvalue weighted by Gasteiger charge is -2.34. The number of esters is 1. The zero-order valence-electron chi connectivity index (χ0n) is 14.8. The monoisotopic (exact) mass is 360 g/mol. The number of piperidine rings is 1. The Morgan fingerprint density at radius 2 is 2.15 bits per heavy atom. The Hall–Kier alpha value is -2.61. The van der Waals surface area contributed by atoms with Gasteiger partial charge in [0.25, 0.3) is 0 Å². The summed E-state index contributed by atoms with van der Waals surface area (Å²) in [6.45, 7) is 1.74. The van der Waals surface area contributed by atoms with Gasteiger partial charge in [0.1, 0.15) is 0 Å². The van der Waals surface area contributed by atoms with Crippen LogP contribution in [0.15, 0.2) is 30.6 Å². The summed E-state index contributed by atoms with van der Waals surface area (Å²) in [7, 11) is 1.31. The number of carbonyl (C=O) groups excluding carboxylic acids is 2. The van der Waals surface area contributed by atoms with Crippen molar-refractivity contribution in [3.05, 3.63) is 30.6 Å². The van der Waals surface area contributed by atoms with Crippen LogP contribution in [-0.4, -0.2) is 64.4 Å². The van der Waals surface area contributed by atoms with E-state index < -0.39 is 18.0 Å². The van der Waals surface area contributed by atoms with Crippen LogP contribution >= 0.6 is 0 Å². The highest BCUT2D eigenvalue weighted by Crippen LogP contribution is 2.18. The second-order valence-electron chi connectivity index (χ2n) is 6.53. The number of para-hydroxylation sites is 2. The number of nitrogens with one attached hydrogen (secondary N) is 1. The molecule has 3 rings (SSSR count). The second kappa shape index (κ2) is 8.18. The van der Waals surface area contributed by atoms with Gasteiger partial charge in [0, 0.05) is 26.2 Å². The predicted molar refractivity (Wildman–Crippen MR) is 95.5 cm³/mol. The lowest BCUT2D eigenvalue weighted by atomic mass is 9.96. The number of aliphatic hydroxyl groups excluding tert-OH is 1. The highest BCUT2D eigenvalue weighted by atomic mass is 16.5. The van der Waals surface area contributed by atoms with Crippen LogP contribution in [0.2, 0.25) is 0 Å². The maximum Gasteiger partial charge on any atom is 0.317 e. The van der Waals surface area contributed by atoms with Gasteiger partial charge in [-0.05, 0) is 25.0 Å². The first-order chi connectivity index (χ1) is 12.6. The molecule has 0 bridgehead atoms. The Kier molecular flexibility index (Phi) is 5.72. The number of fused-ring (bicyclic) bond motifs is 1. The Morgan fingerprint density at radius 3 is 2.96 bits per heavy atom. The third-order valence-electron chi connectivity index (χ3n) is 4.63. The number of methoxy groups -OCH3 is 1. The van der Waals surface area contributed by atoms with Gasteiger partial charge in [-0.1, -0.05) is 12.1 Å². The molecule has 2 aromatic rings. The number of β-amino-alcohol motifs (C(OH)–C–C–N with tert-alkyl or cyclic N) is 1. The van der Waals surface area contributed by atoms with E-state index in [2.05, 4.69) is 14.9 Å². The molecule has 26 heavy (non-hydrogen) atoms. The Balaban J connectivity index is 1.47. The molecule has 1 aliphatic heterocycles. The number of urea groups is 1. The summed E-state index contributed by atoms with van der Waals surface area (Å²) in [5.41, 5.74) is 2.02. The minimum atomic E-state index is -0.712. The predicted octanol–water partition coefficient (Wildman–Crippen LogP) is 0.992. The molecule has 2 heterocycles. The minimum absolute atomic E-state index is 0.228. The molecular weight excluding hydrogens is 336 g/mol. The fraction of sp³-hybridized carbons (Fsp3) is 0.500.